The number of carbonyl (C=O) groups is 2. The van der Waals surface area contributed by atoms with Crippen LogP contribution >= 0.6 is 0 Å². The van der Waals surface area contributed by atoms with Crippen LogP contribution in [-0.2, 0) is 14.3 Å². The fourth-order valence-corrected chi connectivity index (χ4v) is 4.21. The quantitative estimate of drug-likeness (QED) is 0.800. The molecule has 0 radical (unpaired) electrons. The number of hydrogen-bond donors (Lipinski definition) is 2. The molecule has 2 aliphatic rings. The number of esters is 1. The van der Waals surface area contributed by atoms with Crippen LogP contribution in [0.2, 0.25) is 0 Å². The van der Waals surface area contributed by atoms with Crippen molar-refractivity contribution in [2.45, 2.75) is 53.4 Å². The largest absolute Gasteiger partial charge is 0.463 e. The van der Waals surface area contributed by atoms with E-state index in [2.05, 4.69) is 25.2 Å². The maximum absolute atomic E-state index is 13.1. The van der Waals surface area contributed by atoms with Gasteiger partial charge in [-0.15, -0.1) is 0 Å². The van der Waals surface area contributed by atoms with Crippen LogP contribution in [0.15, 0.2) is 40.9 Å². The van der Waals surface area contributed by atoms with E-state index in [1.807, 2.05) is 26.0 Å². The van der Waals surface area contributed by atoms with Crippen molar-refractivity contribution in [3.63, 3.8) is 0 Å². The molecule has 0 bridgehead atoms. The number of allylic oxidation sites excluding steroid dienone is 2. The molecule has 1 aliphatic carbocycles. The number of aryl methyl sites for hydroxylation is 2. The van der Waals surface area contributed by atoms with Crippen molar-refractivity contribution in [1.82, 2.24) is 5.32 Å². The molecule has 0 unspecified atom stereocenters. The van der Waals surface area contributed by atoms with E-state index in [4.69, 9.17) is 10.5 Å². The lowest BCUT2D eigenvalue weighted by Gasteiger charge is -2.39. The Bertz CT molecular complexity index is 878. The fraction of sp³-hybridized carbons (Fsp3) is 0.455. The van der Waals surface area contributed by atoms with Crippen LogP contribution in [0.1, 0.15) is 56.2 Å². The summed E-state index contributed by atoms with van der Waals surface area (Å²) in [6, 6.07) is 6.05. The molecule has 0 saturated heterocycles. The number of hydrogen-bond acceptors (Lipinski definition) is 5. The smallest absolute Gasteiger partial charge is 0.338 e. The first-order valence-electron chi connectivity index (χ1n) is 9.42. The summed E-state index contributed by atoms with van der Waals surface area (Å²) in [6.07, 6.45) is 1.16. The van der Waals surface area contributed by atoms with Crippen LogP contribution in [0, 0.1) is 19.3 Å². The summed E-state index contributed by atoms with van der Waals surface area (Å²) in [6.45, 7) is 10.2. The van der Waals surface area contributed by atoms with Gasteiger partial charge in [0.1, 0.15) is 5.82 Å². The molecule has 144 valence electrons. The number of dihydropyridines is 1. The molecule has 0 saturated carbocycles. The molecule has 3 N–H and O–H groups in total. The Balaban J connectivity index is 2.22. The molecule has 1 aliphatic heterocycles. The van der Waals surface area contributed by atoms with Crippen molar-refractivity contribution in [2.75, 3.05) is 6.61 Å². The molecule has 0 spiro atoms. The highest BCUT2D eigenvalue weighted by atomic mass is 16.5. The molecule has 3 rings (SSSR count). The van der Waals surface area contributed by atoms with Crippen molar-refractivity contribution in [2.24, 2.45) is 11.1 Å². The minimum atomic E-state index is -0.496. The number of ether oxygens (including phenoxy) is 1. The second-order valence-corrected chi connectivity index (χ2v) is 8.30. The highest BCUT2D eigenvalue weighted by molar-refractivity contribution is 6.04. The van der Waals surface area contributed by atoms with Crippen LogP contribution in [0.5, 0.6) is 0 Å². The van der Waals surface area contributed by atoms with Gasteiger partial charge in [-0.2, -0.15) is 0 Å². The Hall–Kier alpha value is -2.56. The average Bonchev–Trinajstić information content (AvgIpc) is 2.52. The topological polar surface area (TPSA) is 81.4 Å². The predicted molar refractivity (Wildman–Crippen MR) is 105 cm³/mol. The summed E-state index contributed by atoms with van der Waals surface area (Å²) in [5.74, 6) is -0.628. The van der Waals surface area contributed by atoms with E-state index in [-0.39, 0.29) is 23.6 Å². The number of carbonyl (C=O) groups excluding carboxylic acids is 2. The van der Waals surface area contributed by atoms with Crippen molar-refractivity contribution >= 4 is 11.8 Å². The van der Waals surface area contributed by atoms with Gasteiger partial charge in [0.05, 0.1) is 18.1 Å². The highest BCUT2D eigenvalue weighted by Crippen LogP contribution is 2.46. The third-order valence-electron chi connectivity index (χ3n) is 5.30. The second kappa shape index (κ2) is 6.87. The zero-order valence-corrected chi connectivity index (χ0v) is 16.7. The van der Waals surface area contributed by atoms with Crippen LogP contribution < -0.4 is 11.1 Å². The molecule has 1 heterocycles. The fourth-order valence-electron chi connectivity index (χ4n) is 4.21. The second-order valence-electron chi connectivity index (χ2n) is 8.30. The highest BCUT2D eigenvalue weighted by Gasteiger charge is 2.43. The monoisotopic (exact) mass is 368 g/mol. The number of nitrogens with two attached hydrogens (primary N) is 1. The van der Waals surface area contributed by atoms with E-state index in [1.165, 1.54) is 0 Å². The molecule has 1 aromatic carbocycles. The first-order valence-corrected chi connectivity index (χ1v) is 9.42. The van der Waals surface area contributed by atoms with Crippen LogP contribution in [-0.4, -0.2) is 18.4 Å². The molecule has 5 nitrogen and oxygen atoms in total. The third-order valence-corrected chi connectivity index (χ3v) is 5.30. The minimum absolute atomic E-state index is 0.0630. The number of rotatable bonds is 3. The Morgan fingerprint density at radius 1 is 1.30 bits per heavy atom. The van der Waals surface area contributed by atoms with Gasteiger partial charge in [0.15, 0.2) is 5.78 Å². The SMILES string of the molecule is CCOC(=O)C1=C(N)NC2=C(C(=O)CC(C)(C)C2)[C@H]1c1ccc(C)cc1C. The molecule has 1 aromatic rings. The van der Waals surface area contributed by atoms with Gasteiger partial charge in [0, 0.05) is 17.7 Å². The zero-order chi connectivity index (χ0) is 19.9. The lowest BCUT2D eigenvalue weighted by atomic mass is 9.68. The van der Waals surface area contributed by atoms with Crippen molar-refractivity contribution < 1.29 is 14.3 Å². The van der Waals surface area contributed by atoms with E-state index >= 15 is 0 Å². The minimum Gasteiger partial charge on any atom is -0.463 e. The van der Waals surface area contributed by atoms with Gasteiger partial charge < -0.3 is 15.8 Å². The molecular formula is C22H28N2O3. The normalized spacial score (nSPS) is 21.7. The van der Waals surface area contributed by atoms with Crippen LogP contribution in [0.25, 0.3) is 0 Å². The van der Waals surface area contributed by atoms with Crippen LogP contribution in [0.3, 0.4) is 0 Å². The standard InChI is InChI=1S/C22H28N2O3/c1-6-27-21(26)19-17(14-8-7-12(2)9-13(14)3)18-15(24-20(19)23)10-22(4,5)11-16(18)25/h7-9,17,24H,6,10-11,23H2,1-5H3/t17-/m1/s1. The number of ketones is 1. The van der Waals surface area contributed by atoms with Gasteiger partial charge in [-0.05, 0) is 43.7 Å². The van der Waals surface area contributed by atoms with Gasteiger partial charge in [-0.3, -0.25) is 4.79 Å². The summed E-state index contributed by atoms with van der Waals surface area (Å²) in [7, 11) is 0. The summed E-state index contributed by atoms with van der Waals surface area (Å²) in [5, 5.41) is 3.14. The maximum Gasteiger partial charge on any atom is 0.338 e. The van der Waals surface area contributed by atoms with E-state index in [0.717, 1.165) is 22.4 Å². The van der Waals surface area contributed by atoms with Gasteiger partial charge in [0.2, 0.25) is 0 Å². The third kappa shape index (κ3) is 3.51. The Labute approximate surface area is 160 Å². The summed E-state index contributed by atoms with van der Waals surface area (Å²) in [5.41, 5.74) is 11.0. The summed E-state index contributed by atoms with van der Waals surface area (Å²) in [4.78, 5) is 25.9. The molecular weight excluding hydrogens is 340 g/mol. The summed E-state index contributed by atoms with van der Waals surface area (Å²) < 4.78 is 5.27. The number of Topliss-reactive ketones (excluding diaryl/α,β-unsaturated/α-hetero) is 1. The van der Waals surface area contributed by atoms with Gasteiger partial charge in [-0.25, -0.2) is 4.79 Å². The van der Waals surface area contributed by atoms with Gasteiger partial charge in [0.25, 0.3) is 0 Å². The van der Waals surface area contributed by atoms with E-state index in [1.54, 1.807) is 6.92 Å². The lowest BCUT2D eigenvalue weighted by Crippen LogP contribution is -2.41. The van der Waals surface area contributed by atoms with E-state index in [9.17, 15) is 9.59 Å². The maximum atomic E-state index is 13.1. The molecule has 0 fully saturated rings. The van der Waals surface area contributed by atoms with Crippen molar-refractivity contribution in [3.05, 3.63) is 57.6 Å². The molecule has 1 atom stereocenters. The number of nitrogens with one attached hydrogen (secondary N) is 1. The molecule has 0 aromatic heterocycles. The van der Waals surface area contributed by atoms with Gasteiger partial charge >= 0.3 is 5.97 Å². The summed E-state index contributed by atoms with van der Waals surface area (Å²) >= 11 is 0. The Morgan fingerprint density at radius 3 is 2.63 bits per heavy atom. The average molecular weight is 368 g/mol. The molecule has 27 heavy (non-hydrogen) atoms. The lowest BCUT2D eigenvalue weighted by molar-refractivity contribution is -0.138. The Morgan fingerprint density at radius 2 is 2.00 bits per heavy atom. The molecule has 5 heteroatoms. The van der Waals surface area contributed by atoms with Gasteiger partial charge in [-0.1, -0.05) is 37.6 Å². The van der Waals surface area contributed by atoms with E-state index in [0.29, 0.717) is 24.0 Å². The predicted octanol–water partition coefficient (Wildman–Crippen LogP) is 3.37. The Kier molecular flexibility index (Phi) is 4.89. The van der Waals surface area contributed by atoms with Crippen molar-refractivity contribution in [3.8, 4) is 0 Å². The van der Waals surface area contributed by atoms with Crippen LogP contribution in [0.4, 0.5) is 0 Å². The van der Waals surface area contributed by atoms with Crippen molar-refractivity contribution in [1.29, 1.82) is 0 Å². The zero-order valence-electron chi connectivity index (χ0n) is 16.7. The molecule has 0 amide bonds. The number of benzene rings is 1. The van der Waals surface area contributed by atoms with E-state index < -0.39 is 11.9 Å². The first-order chi connectivity index (χ1) is 12.6. The first kappa shape index (κ1) is 19.2.